The topological polar surface area (TPSA) is 77.0 Å². The quantitative estimate of drug-likeness (QED) is 0.528. The number of aromatic nitrogens is 3. The standard InChI is InChI=1S/C16H16FN5OS2/c1-21(8-11-6-7-24-9-11)14(23)10-25-16-20-19-15(22(16)18)12-2-4-13(17)5-3-12/h2-7,9H,8,10,18H2,1H3. The minimum Gasteiger partial charge on any atom is -0.341 e. The van der Waals surface area contributed by atoms with Gasteiger partial charge in [-0.3, -0.25) is 4.79 Å². The van der Waals surface area contributed by atoms with Gasteiger partial charge in [0.1, 0.15) is 5.82 Å². The number of carbonyl (C=O) groups is 1. The molecular formula is C16H16FN5OS2. The molecule has 0 saturated carbocycles. The third-order valence-corrected chi connectivity index (χ3v) is 5.18. The van der Waals surface area contributed by atoms with Crippen LogP contribution in [0.2, 0.25) is 0 Å². The number of benzene rings is 1. The third-order valence-electron chi connectivity index (χ3n) is 3.52. The van der Waals surface area contributed by atoms with E-state index in [1.54, 1.807) is 35.4 Å². The molecule has 2 heterocycles. The Morgan fingerprint density at radius 1 is 1.32 bits per heavy atom. The van der Waals surface area contributed by atoms with E-state index in [0.717, 1.165) is 5.56 Å². The number of hydrogen-bond acceptors (Lipinski definition) is 6. The molecule has 130 valence electrons. The van der Waals surface area contributed by atoms with Crippen LogP contribution in [0.25, 0.3) is 11.4 Å². The van der Waals surface area contributed by atoms with Crippen molar-refractivity contribution in [2.24, 2.45) is 0 Å². The first-order chi connectivity index (χ1) is 12.0. The number of rotatable bonds is 6. The van der Waals surface area contributed by atoms with Gasteiger partial charge in [0.05, 0.1) is 5.75 Å². The zero-order valence-corrected chi connectivity index (χ0v) is 15.1. The molecule has 0 aliphatic rings. The average Bonchev–Trinajstić information content (AvgIpc) is 3.23. The van der Waals surface area contributed by atoms with Crippen molar-refractivity contribution < 1.29 is 9.18 Å². The summed E-state index contributed by atoms with van der Waals surface area (Å²) in [6.45, 7) is 0.568. The highest BCUT2D eigenvalue weighted by molar-refractivity contribution is 7.99. The molecule has 0 radical (unpaired) electrons. The minimum atomic E-state index is -0.333. The van der Waals surface area contributed by atoms with Crippen molar-refractivity contribution in [2.75, 3.05) is 18.6 Å². The van der Waals surface area contributed by atoms with Crippen molar-refractivity contribution in [3.63, 3.8) is 0 Å². The fourth-order valence-corrected chi connectivity index (χ4v) is 3.61. The highest BCUT2D eigenvalue weighted by atomic mass is 32.2. The van der Waals surface area contributed by atoms with Crippen LogP contribution >= 0.6 is 23.1 Å². The molecule has 1 aromatic carbocycles. The molecule has 0 saturated heterocycles. The highest BCUT2D eigenvalue weighted by Gasteiger charge is 2.16. The molecule has 6 nitrogen and oxygen atoms in total. The van der Waals surface area contributed by atoms with E-state index < -0.39 is 0 Å². The minimum absolute atomic E-state index is 0.0254. The van der Waals surface area contributed by atoms with Gasteiger partial charge in [0, 0.05) is 19.2 Å². The molecule has 1 amide bonds. The lowest BCUT2D eigenvalue weighted by atomic mass is 10.2. The molecule has 0 fully saturated rings. The van der Waals surface area contributed by atoms with E-state index in [0.29, 0.717) is 23.1 Å². The first kappa shape index (κ1) is 17.4. The van der Waals surface area contributed by atoms with Crippen molar-refractivity contribution in [2.45, 2.75) is 11.7 Å². The number of carbonyl (C=O) groups excluding carboxylic acids is 1. The lowest BCUT2D eigenvalue weighted by Gasteiger charge is -2.15. The molecule has 0 spiro atoms. The molecule has 9 heteroatoms. The van der Waals surface area contributed by atoms with Gasteiger partial charge in [0.15, 0.2) is 5.82 Å². The van der Waals surface area contributed by atoms with Gasteiger partial charge >= 0.3 is 0 Å². The second-order valence-corrected chi connectivity index (χ2v) is 7.08. The van der Waals surface area contributed by atoms with Crippen LogP contribution < -0.4 is 5.84 Å². The van der Waals surface area contributed by atoms with Gasteiger partial charge in [-0.15, -0.1) is 10.2 Å². The molecule has 0 aliphatic carbocycles. The number of hydrogen-bond donors (Lipinski definition) is 1. The third kappa shape index (κ3) is 4.18. The van der Waals surface area contributed by atoms with Crippen LogP contribution in [-0.2, 0) is 11.3 Å². The van der Waals surface area contributed by atoms with Gasteiger partial charge in [0.2, 0.25) is 11.1 Å². The predicted molar refractivity (Wildman–Crippen MR) is 97.1 cm³/mol. The SMILES string of the molecule is CN(Cc1ccsc1)C(=O)CSc1nnc(-c2ccc(F)cc2)n1N. The van der Waals surface area contributed by atoms with E-state index in [4.69, 9.17) is 5.84 Å². The van der Waals surface area contributed by atoms with Crippen LogP contribution in [0.3, 0.4) is 0 Å². The van der Waals surface area contributed by atoms with Crippen molar-refractivity contribution >= 4 is 29.0 Å². The fourth-order valence-electron chi connectivity index (χ4n) is 2.15. The van der Waals surface area contributed by atoms with E-state index in [1.807, 2.05) is 16.8 Å². The zero-order chi connectivity index (χ0) is 17.8. The number of thioether (sulfide) groups is 1. The first-order valence-electron chi connectivity index (χ1n) is 7.39. The number of nitrogen functional groups attached to an aromatic ring is 1. The molecular weight excluding hydrogens is 361 g/mol. The molecule has 0 bridgehead atoms. The van der Waals surface area contributed by atoms with Crippen molar-refractivity contribution in [3.8, 4) is 11.4 Å². The number of nitrogens with two attached hydrogens (primary N) is 1. The van der Waals surface area contributed by atoms with Gasteiger partial charge in [-0.2, -0.15) is 11.3 Å². The van der Waals surface area contributed by atoms with Crippen LogP contribution in [0.1, 0.15) is 5.56 Å². The summed E-state index contributed by atoms with van der Waals surface area (Å²) in [5, 5.41) is 12.5. The molecule has 3 aromatic rings. The van der Waals surface area contributed by atoms with Crippen LogP contribution in [0.4, 0.5) is 4.39 Å². The van der Waals surface area contributed by atoms with Crippen LogP contribution in [0.5, 0.6) is 0 Å². The van der Waals surface area contributed by atoms with Gasteiger partial charge in [-0.25, -0.2) is 9.07 Å². The molecule has 2 N–H and O–H groups in total. The molecule has 25 heavy (non-hydrogen) atoms. The molecule has 0 unspecified atom stereocenters. The Hall–Kier alpha value is -2.39. The Bertz CT molecular complexity index is 848. The monoisotopic (exact) mass is 377 g/mol. The summed E-state index contributed by atoms with van der Waals surface area (Å²) in [6, 6.07) is 7.82. The lowest BCUT2D eigenvalue weighted by Crippen LogP contribution is -2.27. The van der Waals surface area contributed by atoms with Gasteiger partial charge in [-0.05, 0) is 46.7 Å². The predicted octanol–water partition coefficient (Wildman–Crippen LogP) is 2.61. The van der Waals surface area contributed by atoms with Gasteiger partial charge in [-0.1, -0.05) is 11.8 Å². The first-order valence-corrected chi connectivity index (χ1v) is 9.31. The largest absolute Gasteiger partial charge is 0.341 e. The van der Waals surface area contributed by atoms with Crippen molar-refractivity contribution in [1.29, 1.82) is 0 Å². The van der Waals surface area contributed by atoms with Crippen LogP contribution in [0, 0.1) is 5.82 Å². The second-order valence-electron chi connectivity index (χ2n) is 5.35. The maximum Gasteiger partial charge on any atom is 0.233 e. The average molecular weight is 377 g/mol. The van der Waals surface area contributed by atoms with E-state index in [9.17, 15) is 9.18 Å². The van der Waals surface area contributed by atoms with Gasteiger partial charge in [0.25, 0.3) is 0 Å². The lowest BCUT2D eigenvalue weighted by molar-refractivity contribution is -0.127. The summed E-state index contributed by atoms with van der Waals surface area (Å²) in [4.78, 5) is 13.9. The van der Waals surface area contributed by atoms with E-state index in [1.165, 1.54) is 28.6 Å². The van der Waals surface area contributed by atoms with Crippen LogP contribution in [-0.4, -0.2) is 38.5 Å². The van der Waals surface area contributed by atoms with Crippen molar-refractivity contribution in [3.05, 3.63) is 52.5 Å². The Morgan fingerprint density at radius 2 is 2.08 bits per heavy atom. The summed E-state index contributed by atoms with van der Waals surface area (Å²) in [6.07, 6.45) is 0. The number of amides is 1. The Kier molecular flexibility index (Phi) is 5.34. The highest BCUT2D eigenvalue weighted by Crippen LogP contribution is 2.22. The summed E-state index contributed by atoms with van der Waals surface area (Å²) < 4.78 is 14.3. The molecule has 0 atom stereocenters. The van der Waals surface area contributed by atoms with Crippen molar-refractivity contribution in [1.82, 2.24) is 19.8 Å². The maximum atomic E-state index is 13.0. The number of nitrogens with zero attached hydrogens (tertiary/aromatic N) is 4. The van der Waals surface area contributed by atoms with E-state index in [-0.39, 0.29) is 17.5 Å². The summed E-state index contributed by atoms with van der Waals surface area (Å²) >= 11 is 2.82. The van der Waals surface area contributed by atoms with E-state index >= 15 is 0 Å². The summed E-state index contributed by atoms with van der Waals surface area (Å²) in [5.41, 5.74) is 1.76. The maximum absolute atomic E-state index is 13.0. The summed E-state index contributed by atoms with van der Waals surface area (Å²) in [5.74, 6) is 6.27. The Balaban J connectivity index is 1.62. The Morgan fingerprint density at radius 3 is 2.76 bits per heavy atom. The van der Waals surface area contributed by atoms with E-state index in [2.05, 4.69) is 10.2 Å². The fraction of sp³-hybridized carbons (Fsp3) is 0.188. The smallest absolute Gasteiger partial charge is 0.233 e. The number of thiophene rings is 1. The second kappa shape index (κ2) is 7.66. The summed E-state index contributed by atoms with van der Waals surface area (Å²) in [7, 11) is 1.76. The molecule has 0 aliphatic heterocycles. The Labute approximate surface area is 152 Å². The zero-order valence-electron chi connectivity index (χ0n) is 13.4. The van der Waals surface area contributed by atoms with Crippen LogP contribution in [0.15, 0.2) is 46.2 Å². The molecule has 2 aromatic heterocycles. The van der Waals surface area contributed by atoms with Gasteiger partial charge < -0.3 is 10.7 Å². The molecule has 3 rings (SSSR count). The number of halogens is 1. The normalized spacial score (nSPS) is 10.8.